The van der Waals surface area contributed by atoms with Crippen molar-refractivity contribution in [1.82, 2.24) is 0 Å². The Hall–Kier alpha value is -1.03. The molecular weight excluding hydrogens is 212 g/mol. The molecule has 0 aliphatic heterocycles. The van der Waals surface area contributed by atoms with E-state index >= 15 is 0 Å². The lowest BCUT2D eigenvalue weighted by atomic mass is 10.2. The van der Waals surface area contributed by atoms with Crippen LogP contribution in [0.1, 0.15) is 19.4 Å². The van der Waals surface area contributed by atoms with Crippen molar-refractivity contribution < 1.29 is 13.2 Å². The summed E-state index contributed by atoms with van der Waals surface area (Å²) in [5, 5.41) is 0. The Balaban J connectivity index is 3.12. The molecule has 15 heavy (non-hydrogen) atoms. The van der Waals surface area contributed by atoms with E-state index in [1.807, 2.05) is 13.8 Å². The van der Waals surface area contributed by atoms with Crippen LogP contribution in [-0.4, -0.2) is 20.8 Å². The van der Waals surface area contributed by atoms with Gasteiger partial charge in [-0.1, -0.05) is 6.92 Å². The third kappa shape index (κ3) is 2.72. The molecule has 4 heteroatoms. The van der Waals surface area contributed by atoms with Crippen LogP contribution in [0.5, 0.6) is 5.75 Å². The normalized spacial score (nSPS) is 11.4. The molecule has 0 amide bonds. The largest absolute Gasteiger partial charge is 0.494 e. The summed E-state index contributed by atoms with van der Waals surface area (Å²) >= 11 is 0. The Morgan fingerprint density at radius 3 is 2.40 bits per heavy atom. The SMILES string of the molecule is CCOc1ccc(S(=O)(=O)CC)cc1C. The second-order valence-electron chi connectivity index (χ2n) is 3.26. The highest BCUT2D eigenvalue weighted by atomic mass is 32.2. The van der Waals surface area contributed by atoms with Gasteiger partial charge in [0.05, 0.1) is 17.3 Å². The minimum absolute atomic E-state index is 0.125. The zero-order chi connectivity index (χ0) is 11.5. The van der Waals surface area contributed by atoms with Crippen LogP contribution in [-0.2, 0) is 9.84 Å². The predicted octanol–water partition coefficient (Wildman–Crippen LogP) is 2.19. The third-order valence-electron chi connectivity index (χ3n) is 2.19. The molecule has 84 valence electrons. The molecule has 0 spiro atoms. The number of sulfone groups is 1. The molecule has 0 unspecified atom stereocenters. The number of rotatable bonds is 4. The Kier molecular flexibility index (Phi) is 3.74. The first-order valence-electron chi connectivity index (χ1n) is 4.97. The summed E-state index contributed by atoms with van der Waals surface area (Å²) in [5.74, 6) is 0.869. The van der Waals surface area contributed by atoms with Gasteiger partial charge in [-0.05, 0) is 37.6 Å². The minimum Gasteiger partial charge on any atom is -0.494 e. The van der Waals surface area contributed by atoms with Gasteiger partial charge in [0, 0.05) is 0 Å². The molecule has 0 heterocycles. The number of ether oxygens (including phenoxy) is 1. The molecule has 0 atom stereocenters. The van der Waals surface area contributed by atoms with E-state index in [1.54, 1.807) is 25.1 Å². The molecule has 0 fully saturated rings. The number of benzene rings is 1. The van der Waals surface area contributed by atoms with E-state index in [0.717, 1.165) is 11.3 Å². The average molecular weight is 228 g/mol. The van der Waals surface area contributed by atoms with Crippen molar-refractivity contribution in [2.24, 2.45) is 0 Å². The van der Waals surface area contributed by atoms with Crippen LogP contribution in [0.15, 0.2) is 23.1 Å². The molecule has 1 rings (SSSR count). The summed E-state index contributed by atoms with van der Waals surface area (Å²) in [6, 6.07) is 4.96. The third-order valence-corrected chi connectivity index (χ3v) is 3.92. The van der Waals surface area contributed by atoms with Crippen molar-refractivity contribution >= 4 is 9.84 Å². The van der Waals surface area contributed by atoms with Gasteiger partial charge in [-0.3, -0.25) is 0 Å². The summed E-state index contributed by atoms with van der Waals surface area (Å²) < 4.78 is 28.5. The van der Waals surface area contributed by atoms with Crippen LogP contribution in [0.2, 0.25) is 0 Å². The fourth-order valence-electron chi connectivity index (χ4n) is 1.30. The molecule has 0 saturated heterocycles. The quantitative estimate of drug-likeness (QED) is 0.793. The molecule has 1 aromatic rings. The molecule has 0 saturated carbocycles. The maximum Gasteiger partial charge on any atom is 0.178 e. The molecular formula is C11H16O3S. The molecule has 0 radical (unpaired) electrons. The second kappa shape index (κ2) is 4.66. The van der Waals surface area contributed by atoms with Crippen molar-refractivity contribution in [2.45, 2.75) is 25.7 Å². The number of hydrogen-bond donors (Lipinski definition) is 0. The molecule has 0 aromatic heterocycles. The van der Waals surface area contributed by atoms with Crippen molar-refractivity contribution in [3.8, 4) is 5.75 Å². The van der Waals surface area contributed by atoms with Crippen molar-refractivity contribution in [1.29, 1.82) is 0 Å². The standard InChI is InChI=1S/C11H16O3S/c1-4-14-11-7-6-10(8-9(11)3)15(12,13)5-2/h6-8H,4-5H2,1-3H3. The summed E-state index contributed by atoms with van der Waals surface area (Å²) in [6.45, 7) is 5.97. The van der Waals surface area contributed by atoms with Crippen LogP contribution >= 0.6 is 0 Å². The van der Waals surface area contributed by atoms with Gasteiger partial charge in [-0.2, -0.15) is 0 Å². The van der Waals surface area contributed by atoms with E-state index in [0.29, 0.717) is 11.5 Å². The lowest BCUT2D eigenvalue weighted by Gasteiger charge is -2.08. The van der Waals surface area contributed by atoms with Gasteiger partial charge in [0.2, 0.25) is 0 Å². The summed E-state index contributed by atoms with van der Waals surface area (Å²) in [4.78, 5) is 0.367. The highest BCUT2D eigenvalue weighted by Crippen LogP contribution is 2.22. The first-order chi connectivity index (χ1) is 7.01. The van der Waals surface area contributed by atoms with Crippen molar-refractivity contribution in [2.75, 3.05) is 12.4 Å². The topological polar surface area (TPSA) is 43.4 Å². The van der Waals surface area contributed by atoms with Gasteiger partial charge >= 0.3 is 0 Å². The predicted molar refractivity (Wildman–Crippen MR) is 60.1 cm³/mol. The zero-order valence-electron chi connectivity index (χ0n) is 9.28. The Morgan fingerprint density at radius 1 is 1.27 bits per heavy atom. The van der Waals surface area contributed by atoms with E-state index in [9.17, 15) is 8.42 Å². The molecule has 0 aliphatic rings. The highest BCUT2D eigenvalue weighted by molar-refractivity contribution is 7.91. The van der Waals surface area contributed by atoms with Gasteiger partial charge in [-0.25, -0.2) is 8.42 Å². The summed E-state index contributed by atoms with van der Waals surface area (Å²) in [5.41, 5.74) is 0.853. The lowest BCUT2D eigenvalue weighted by Crippen LogP contribution is -2.04. The first-order valence-corrected chi connectivity index (χ1v) is 6.62. The van der Waals surface area contributed by atoms with Gasteiger partial charge < -0.3 is 4.74 Å². The van der Waals surface area contributed by atoms with Crippen molar-refractivity contribution in [3.05, 3.63) is 23.8 Å². The number of aryl methyl sites for hydroxylation is 1. The Labute approximate surface area is 91.0 Å². The van der Waals surface area contributed by atoms with Crippen molar-refractivity contribution in [3.63, 3.8) is 0 Å². The smallest absolute Gasteiger partial charge is 0.178 e. The lowest BCUT2D eigenvalue weighted by molar-refractivity contribution is 0.337. The maximum absolute atomic E-state index is 11.6. The monoisotopic (exact) mass is 228 g/mol. The molecule has 0 aliphatic carbocycles. The molecule has 3 nitrogen and oxygen atoms in total. The fraction of sp³-hybridized carbons (Fsp3) is 0.455. The van der Waals surface area contributed by atoms with Crippen LogP contribution in [0, 0.1) is 6.92 Å². The van der Waals surface area contributed by atoms with Gasteiger partial charge in [0.1, 0.15) is 5.75 Å². The zero-order valence-corrected chi connectivity index (χ0v) is 10.1. The number of hydrogen-bond acceptors (Lipinski definition) is 3. The van der Waals surface area contributed by atoms with Crippen LogP contribution in [0.25, 0.3) is 0 Å². The van der Waals surface area contributed by atoms with Gasteiger partial charge in [-0.15, -0.1) is 0 Å². The maximum atomic E-state index is 11.6. The highest BCUT2D eigenvalue weighted by Gasteiger charge is 2.12. The van der Waals surface area contributed by atoms with E-state index in [4.69, 9.17) is 4.74 Å². The minimum atomic E-state index is -3.11. The van der Waals surface area contributed by atoms with Crippen LogP contribution < -0.4 is 4.74 Å². The van der Waals surface area contributed by atoms with Gasteiger partial charge in [0.15, 0.2) is 9.84 Å². The average Bonchev–Trinajstić information content (AvgIpc) is 2.21. The first kappa shape index (κ1) is 12.0. The molecule has 0 bridgehead atoms. The van der Waals surface area contributed by atoms with Crippen LogP contribution in [0.3, 0.4) is 0 Å². The van der Waals surface area contributed by atoms with Crippen LogP contribution in [0.4, 0.5) is 0 Å². The summed E-state index contributed by atoms with van der Waals surface area (Å²) in [6.07, 6.45) is 0. The van der Waals surface area contributed by atoms with E-state index < -0.39 is 9.84 Å². The fourth-order valence-corrected chi connectivity index (χ4v) is 2.26. The van der Waals surface area contributed by atoms with E-state index in [2.05, 4.69) is 0 Å². The molecule has 1 aromatic carbocycles. The van der Waals surface area contributed by atoms with Gasteiger partial charge in [0.25, 0.3) is 0 Å². The Morgan fingerprint density at radius 2 is 1.93 bits per heavy atom. The summed E-state index contributed by atoms with van der Waals surface area (Å²) in [7, 11) is -3.11. The second-order valence-corrected chi connectivity index (χ2v) is 5.54. The van der Waals surface area contributed by atoms with E-state index in [1.165, 1.54) is 0 Å². The van der Waals surface area contributed by atoms with E-state index in [-0.39, 0.29) is 5.75 Å². The molecule has 0 N–H and O–H groups in total. The Bertz CT molecular complexity index is 435.